The van der Waals surface area contributed by atoms with Crippen LogP contribution in [0.1, 0.15) is 51.4 Å². The molecule has 0 aliphatic heterocycles. The lowest BCUT2D eigenvalue weighted by molar-refractivity contribution is -0.115. The summed E-state index contributed by atoms with van der Waals surface area (Å²) in [7, 11) is 0. The average Bonchev–Trinajstić information content (AvgIpc) is 2.82. The molecular weight excluding hydrogens is 172 g/mol. The molecule has 0 radical (unpaired) electrons. The maximum atomic E-state index is 11.8. The Hall–Kier alpha value is -0.850. The van der Waals surface area contributed by atoms with E-state index in [0.29, 0.717) is 5.78 Å². The fraction of sp³-hybridized carbons (Fsp3) is 0.615. The zero-order chi connectivity index (χ0) is 9.54. The van der Waals surface area contributed by atoms with Crippen LogP contribution in [-0.2, 0) is 4.79 Å². The predicted octanol–water partition coefficient (Wildman–Crippen LogP) is 3.31. The summed E-state index contributed by atoms with van der Waals surface area (Å²) in [6.45, 7) is 0. The number of hydrogen-bond acceptors (Lipinski definition) is 1. The van der Waals surface area contributed by atoms with E-state index in [9.17, 15) is 4.79 Å². The van der Waals surface area contributed by atoms with Crippen LogP contribution in [0, 0.1) is 0 Å². The minimum absolute atomic E-state index is 0.443. The number of Topliss-reactive ketones (excluding diaryl/α,β-unsaturated/α-hetero) is 1. The van der Waals surface area contributed by atoms with Gasteiger partial charge in [0.1, 0.15) is 0 Å². The van der Waals surface area contributed by atoms with Crippen molar-refractivity contribution in [1.82, 2.24) is 0 Å². The molecular formula is C13H16O. The van der Waals surface area contributed by atoms with E-state index in [1.165, 1.54) is 48.8 Å². The molecule has 0 saturated carbocycles. The number of carbonyl (C=O) groups is 1. The minimum atomic E-state index is 0.443. The normalized spacial score (nSPS) is 26.7. The molecule has 1 heteroatoms. The van der Waals surface area contributed by atoms with Gasteiger partial charge in [-0.1, -0.05) is 18.4 Å². The van der Waals surface area contributed by atoms with Gasteiger partial charge < -0.3 is 0 Å². The van der Waals surface area contributed by atoms with Gasteiger partial charge in [-0.25, -0.2) is 0 Å². The van der Waals surface area contributed by atoms with Gasteiger partial charge in [-0.3, -0.25) is 4.79 Å². The van der Waals surface area contributed by atoms with Crippen LogP contribution in [0.15, 0.2) is 22.3 Å². The van der Waals surface area contributed by atoms with Crippen LogP contribution in [0.3, 0.4) is 0 Å². The fourth-order valence-corrected chi connectivity index (χ4v) is 2.86. The van der Waals surface area contributed by atoms with E-state index in [0.717, 1.165) is 19.3 Å². The summed E-state index contributed by atoms with van der Waals surface area (Å²) in [5.74, 6) is 0.443. The fourth-order valence-electron chi connectivity index (χ4n) is 2.86. The summed E-state index contributed by atoms with van der Waals surface area (Å²) in [4.78, 5) is 11.8. The first-order chi connectivity index (χ1) is 6.86. The number of rotatable bonds is 0. The van der Waals surface area contributed by atoms with Crippen molar-refractivity contribution in [2.45, 2.75) is 51.4 Å². The SMILES string of the molecule is O=C1CC2=C(C2)C2=C1CCCCCC2. The van der Waals surface area contributed by atoms with Crippen molar-refractivity contribution in [1.29, 1.82) is 0 Å². The maximum absolute atomic E-state index is 11.8. The van der Waals surface area contributed by atoms with E-state index in [1.807, 2.05) is 0 Å². The van der Waals surface area contributed by atoms with Gasteiger partial charge >= 0.3 is 0 Å². The first kappa shape index (κ1) is 8.46. The largest absolute Gasteiger partial charge is 0.294 e. The molecule has 14 heavy (non-hydrogen) atoms. The Bertz CT molecular complexity index is 347. The molecule has 0 amide bonds. The molecule has 0 spiro atoms. The van der Waals surface area contributed by atoms with Gasteiger partial charge in [-0.15, -0.1) is 0 Å². The third kappa shape index (κ3) is 1.26. The maximum Gasteiger partial charge on any atom is 0.163 e. The van der Waals surface area contributed by atoms with Gasteiger partial charge in [-0.2, -0.15) is 0 Å². The van der Waals surface area contributed by atoms with Crippen LogP contribution in [0.5, 0.6) is 0 Å². The van der Waals surface area contributed by atoms with E-state index < -0.39 is 0 Å². The van der Waals surface area contributed by atoms with E-state index in [2.05, 4.69) is 0 Å². The van der Waals surface area contributed by atoms with Gasteiger partial charge in [0.05, 0.1) is 0 Å². The quantitative estimate of drug-likeness (QED) is 0.570. The number of ketones is 1. The molecule has 0 fully saturated rings. The average molecular weight is 188 g/mol. The Labute approximate surface area is 84.9 Å². The predicted molar refractivity (Wildman–Crippen MR) is 56.0 cm³/mol. The highest BCUT2D eigenvalue weighted by molar-refractivity contribution is 6.01. The standard InChI is InChI=1S/C13H16O/c14-13-8-9-7-12(9)10-5-3-1-2-4-6-11(10)13/h1-8H2. The highest BCUT2D eigenvalue weighted by atomic mass is 16.1. The molecule has 1 nitrogen and oxygen atoms in total. The van der Waals surface area contributed by atoms with Gasteiger partial charge in [-0.05, 0) is 48.8 Å². The van der Waals surface area contributed by atoms with E-state index in [4.69, 9.17) is 0 Å². The molecule has 3 aliphatic carbocycles. The summed E-state index contributed by atoms with van der Waals surface area (Å²) in [6.07, 6.45) is 9.35. The first-order valence-corrected chi connectivity index (χ1v) is 5.83. The second-order valence-corrected chi connectivity index (χ2v) is 4.73. The second-order valence-electron chi connectivity index (χ2n) is 4.73. The highest BCUT2D eigenvalue weighted by Crippen LogP contribution is 2.48. The lowest BCUT2D eigenvalue weighted by atomic mass is 9.87. The minimum Gasteiger partial charge on any atom is -0.294 e. The Balaban J connectivity index is 1.97. The molecule has 3 aliphatic rings. The second kappa shape index (κ2) is 3.08. The zero-order valence-corrected chi connectivity index (χ0v) is 8.57. The van der Waals surface area contributed by atoms with Gasteiger partial charge in [0.25, 0.3) is 0 Å². The van der Waals surface area contributed by atoms with Crippen molar-refractivity contribution in [3.63, 3.8) is 0 Å². The summed E-state index contributed by atoms with van der Waals surface area (Å²) in [6, 6.07) is 0. The molecule has 0 saturated heterocycles. The van der Waals surface area contributed by atoms with Crippen LogP contribution < -0.4 is 0 Å². The van der Waals surface area contributed by atoms with Gasteiger partial charge in [0.15, 0.2) is 5.78 Å². The first-order valence-electron chi connectivity index (χ1n) is 5.83. The smallest absolute Gasteiger partial charge is 0.163 e. The molecule has 0 heterocycles. The van der Waals surface area contributed by atoms with Crippen molar-refractivity contribution in [3.05, 3.63) is 22.3 Å². The molecule has 0 N–H and O–H groups in total. The summed E-state index contributed by atoms with van der Waals surface area (Å²) < 4.78 is 0. The van der Waals surface area contributed by atoms with Crippen molar-refractivity contribution < 1.29 is 4.79 Å². The van der Waals surface area contributed by atoms with E-state index in [-0.39, 0.29) is 0 Å². The molecule has 0 aromatic rings. The number of hydrogen-bond donors (Lipinski definition) is 0. The third-order valence-corrected chi connectivity index (χ3v) is 3.73. The summed E-state index contributed by atoms with van der Waals surface area (Å²) in [5.41, 5.74) is 5.70. The summed E-state index contributed by atoms with van der Waals surface area (Å²) >= 11 is 0. The Morgan fingerprint density at radius 3 is 2.21 bits per heavy atom. The molecule has 74 valence electrons. The van der Waals surface area contributed by atoms with Crippen molar-refractivity contribution in [2.75, 3.05) is 0 Å². The summed E-state index contributed by atoms with van der Waals surface area (Å²) in [5, 5.41) is 0. The third-order valence-electron chi connectivity index (χ3n) is 3.73. The Kier molecular flexibility index (Phi) is 1.86. The van der Waals surface area contributed by atoms with Crippen LogP contribution >= 0.6 is 0 Å². The van der Waals surface area contributed by atoms with E-state index in [1.54, 1.807) is 5.57 Å². The van der Waals surface area contributed by atoms with Crippen molar-refractivity contribution in [3.8, 4) is 0 Å². The number of carbonyl (C=O) groups excluding carboxylic acids is 1. The highest BCUT2D eigenvalue weighted by Gasteiger charge is 2.34. The molecule has 3 rings (SSSR count). The van der Waals surface area contributed by atoms with Crippen LogP contribution in [-0.4, -0.2) is 5.78 Å². The Morgan fingerprint density at radius 2 is 1.43 bits per heavy atom. The molecule has 0 aromatic carbocycles. The molecule has 0 unspecified atom stereocenters. The van der Waals surface area contributed by atoms with Crippen LogP contribution in [0.25, 0.3) is 0 Å². The zero-order valence-electron chi connectivity index (χ0n) is 8.57. The van der Waals surface area contributed by atoms with Crippen molar-refractivity contribution >= 4 is 5.78 Å². The van der Waals surface area contributed by atoms with Gasteiger partial charge in [0, 0.05) is 6.42 Å². The van der Waals surface area contributed by atoms with E-state index >= 15 is 0 Å². The molecule has 0 aromatic heterocycles. The molecule has 0 atom stereocenters. The van der Waals surface area contributed by atoms with Gasteiger partial charge in [0.2, 0.25) is 0 Å². The van der Waals surface area contributed by atoms with Crippen LogP contribution in [0.2, 0.25) is 0 Å². The monoisotopic (exact) mass is 188 g/mol. The lowest BCUT2D eigenvalue weighted by Crippen LogP contribution is -2.09. The number of fused-ring (bicyclic) bond motifs is 1. The Morgan fingerprint density at radius 1 is 0.714 bits per heavy atom. The lowest BCUT2D eigenvalue weighted by Gasteiger charge is -2.17. The topological polar surface area (TPSA) is 17.1 Å². The molecule has 0 bridgehead atoms. The van der Waals surface area contributed by atoms with Crippen molar-refractivity contribution in [2.24, 2.45) is 0 Å². The number of allylic oxidation sites excluding steroid dienone is 4. The van der Waals surface area contributed by atoms with Crippen LogP contribution in [0.4, 0.5) is 0 Å².